The molecule has 2 heterocycles. The molecule has 1 amide bonds. The number of hydrogen-bond acceptors (Lipinski definition) is 6. The Morgan fingerprint density at radius 3 is 2.54 bits per heavy atom. The Morgan fingerprint density at radius 2 is 1.96 bits per heavy atom. The molecule has 1 aromatic heterocycles. The van der Waals surface area contributed by atoms with E-state index in [0.717, 1.165) is 19.0 Å². The fourth-order valence-electron chi connectivity index (χ4n) is 2.58. The Labute approximate surface area is 148 Å². The lowest BCUT2D eigenvalue weighted by atomic mass is 10.1. The van der Waals surface area contributed by atoms with E-state index in [9.17, 15) is 26.4 Å². The predicted molar refractivity (Wildman–Crippen MR) is 85.5 cm³/mol. The SMILES string of the molecule is O=C(NN1CCS(=O)(=O)CC1)c1cnc(OCC(F)(F)F)c(C2CC2)c1. The van der Waals surface area contributed by atoms with Crippen LogP contribution >= 0.6 is 0 Å². The van der Waals surface area contributed by atoms with Crippen molar-refractivity contribution >= 4 is 15.7 Å². The van der Waals surface area contributed by atoms with Gasteiger partial charge in [0.1, 0.15) is 0 Å². The van der Waals surface area contributed by atoms with Crippen molar-refractivity contribution in [2.24, 2.45) is 0 Å². The van der Waals surface area contributed by atoms with Gasteiger partial charge in [0, 0.05) is 24.8 Å². The number of nitrogens with one attached hydrogen (secondary N) is 1. The van der Waals surface area contributed by atoms with Gasteiger partial charge in [-0.3, -0.25) is 10.2 Å². The summed E-state index contributed by atoms with van der Waals surface area (Å²) in [5.74, 6) is -0.628. The van der Waals surface area contributed by atoms with Gasteiger partial charge in [-0.1, -0.05) is 0 Å². The molecule has 0 bridgehead atoms. The molecule has 1 N–H and O–H groups in total. The molecule has 0 unspecified atom stereocenters. The van der Waals surface area contributed by atoms with Gasteiger partial charge in [0.25, 0.3) is 5.91 Å². The van der Waals surface area contributed by atoms with E-state index >= 15 is 0 Å². The summed E-state index contributed by atoms with van der Waals surface area (Å²) in [7, 11) is -3.06. The van der Waals surface area contributed by atoms with Crippen LogP contribution in [0.4, 0.5) is 13.2 Å². The smallest absolute Gasteiger partial charge is 0.422 e. The van der Waals surface area contributed by atoms with Crippen molar-refractivity contribution in [1.29, 1.82) is 0 Å². The predicted octanol–water partition coefficient (Wildman–Crippen LogP) is 1.28. The van der Waals surface area contributed by atoms with Gasteiger partial charge < -0.3 is 4.74 Å². The molecule has 26 heavy (non-hydrogen) atoms. The summed E-state index contributed by atoms with van der Waals surface area (Å²) in [4.78, 5) is 16.2. The zero-order valence-corrected chi connectivity index (χ0v) is 14.6. The van der Waals surface area contributed by atoms with Crippen LogP contribution in [0.25, 0.3) is 0 Å². The van der Waals surface area contributed by atoms with Crippen LogP contribution < -0.4 is 10.2 Å². The fourth-order valence-corrected chi connectivity index (χ4v) is 3.78. The van der Waals surface area contributed by atoms with Gasteiger partial charge in [-0.15, -0.1) is 0 Å². The molecule has 1 aromatic rings. The highest BCUT2D eigenvalue weighted by Gasteiger charge is 2.33. The summed E-state index contributed by atoms with van der Waals surface area (Å²) in [5, 5.41) is 1.51. The van der Waals surface area contributed by atoms with Gasteiger partial charge in [0.15, 0.2) is 16.4 Å². The second-order valence-corrected chi connectivity index (χ2v) is 8.68. The van der Waals surface area contributed by atoms with E-state index in [-0.39, 0.29) is 42.0 Å². The van der Waals surface area contributed by atoms with Gasteiger partial charge in [-0.05, 0) is 24.8 Å². The minimum Gasteiger partial charge on any atom is -0.468 e. The number of pyridine rings is 1. The van der Waals surface area contributed by atoms with Crippen LogP contribution in [0.2, 0.25) is 0 Å². The van der Waals surface area contributed by atoms with Crippen molar-refractivity contribution in [3.8, 4) is 5.88 Å². The number of aromatic nitrogens is 1. The number of ether oxygens (including phenoxy) is 1. The highest BCUT2D eigenvalue weighted by Crippen LogP contribution is 2.44. The van der Waals surface area contributed by atoms with Crippen molar-refractivity contribution in [3.05, 3.63) is 23.4 Å². The normalized spacial score (nSPS) is 20.6. The Balaban J connectivity index is 1.68. The molecule has 0 radical (unpaired) electrons. The summed E-state index contributed by atoms with van der Waals surface area (Å²) < 4.78 is 64.6. The van der Waals surface area contributed by atoms with Crippen LogP contribution in [0.1, 0.15) is 34.7 Å². The Hall–Kier alpha value is -1.88. The average Bonchev–Trinajstić information content (AvgIpc) is 3.39. The first-order chi connectivity index (χ1) is 12.1. The quantitative estimate of drug-likeness (QED) is 0.811. The van der Waals surface area contributed by atoms with Crippen molar-refractivity contribution < 1.29 is 31.1 Å². The van der Waals surface area contributed by atoms with E-state index in [1.807, 2.05) is 0 Å². The number of nitrogens with zero attached hydrogens (tertiary/aromatic N) is 2. The Morgan fingerprint density at radius 1 is 1.31 bits per heavy atom. The van der Waals surface area contributed by atoms with Crippen LogP contribution in [0.15, 0.2) is 12.3 Å². The third-order valence-corrected chi connectivity index (χ3v) is 5.74. The highest BCUT2D eigenvalue weighted by molar-refractivity contribution is 7.91. The summed E-state index contributed by atoms with van der Waals surface area (Å²) in [6.07, 6.45) is -1.70. The average molecular weight is 393 g/mol. The number of sulfone groups is 1. The number of carbonyl (C=O) groups is 1. The minimum atomic E-state index is -4.47. The Kier molecular flexibility index (Phi) is 5.11. The molecule has 1 saturated heterocycles. The van der Waals surface area contributed by atoms with Crippen molar-refractivity contribution in [2.45, 2.75) is 24.9 Å². The lowest BCUT2D eigenvalue weighted by molar-refractivity contribution is -0.154. The first-order valence-electron chi connectivity index (χ1n) is 8.09. The molecule has 11 heteroatoms. The van der Waals surface area contributed by atoms with E-state index in [2.05, 4.69) is 10.4 Å². The number of amides is 1. The van der Waals surface area contributed by atoms with Crippen LogP contribution in [-0.4, -0.2) is 61.7 Å². The summed E-state index contributed by atoms with van der Waals surface area (Å²) in [6.45, 7) is -1.07. The van der Waals surface area contributed by atoms with E-state index < -0.39 is 28.5 Å². The molecule has 7 nitrogen and oxygen atoms in total. The number of alkyl halides is 3. The molecule has 2 fully saturated rings. The van der Waals surface area contributed by atoms with Gasteiger partial charge in [-0.2, -0.15) is 13.2 Å². The molecule has 1 saturated carbocycles. The van der Waals surface area contributed by atoms with Gasteiger partial charge in [-0.25, -0.2) is 18.4 Å². The number of carbonyl (C=O) groups excluding carboxylic acids is 1. The molecule has 0 aromatic carbocycles. The lowest BCUT2D eigenvalue weighted by Gasteiger charge is -2.26. The van der Waals surface area contributed by atoms with E-state index in [0.29, 0.717) is 5.56 Å². The first kappa shape index (κ1) is 18.9. The van der Waals surface area contributed by atoms with E-state index in [1.54, 1.807) is 0 Å². The molecule has 144 valence electrons. The Bertz CT molecular complexity index is 780. The van der Waals surface area contributed by atoms with Crippen LogP contribution in [-0.2, 0) is 9.84 Å². The first-order valence-corrected chi connectivity index (χ1v) is 9.91. The third kappa shape index (κ3) is 5.07. The standard InChI is InChI=1S/C15H18F3N3O4S/c16-15(17,18)9-25-14-12(10-1-2-10)7-11(8-19-14)13(22)20-21-3-5-26(23,24)6-4-21/h7-8,10H,1-6,9H2,(H,20,22). The number of hydrazine groups is 1. The topological polar surface area (TPSA) is 88.6 Å². The zero-order chi connectivity index (χ0) is 18.9. The number of rotatable bonds is 5. The molecule has 1 aliphatic carbocycles. The second kappa shape index (κ2) is 7.03. The molecule has 0 atom stereocenters. The van der Waals surface area contributed by atoms with Crippen LogP contribution in [0.5, 0.6) is 5.88 Å². The molecular weight excluding hydrogens is 375 g/mol. The van der Waals surface area contributed by atoms with Crippen molar-refractivity contribution in [3.63, 3.8) is 0 Å². The zero-order valence-electron chi connectivity index (χ0n) is 13.8. The maximum Gasteiger partial charge on any atom is 0.422 e. The molecule has 1 aliphatic heterocycles. The molecule has 0 spiro atoms. The third-order valence-electron chi connectivity index (χ3n) is 4.13. The van der Waals surface area contributed by atoms with Crippen LogP contribution in [0, 0.1) is 0 Å². The van der Waals surface area contributed by atoms with Crippen LogP contribution in [0.3, 0.4) is 0 Å². The van der Waals surface area contributed by atoms with Gasteiger partial charge in [0.05, 0.1) is 17.1 Å². The highest BCUT2D eigenvalue weighted by atomic mass is 32.2. The molecular formula is C15H18F3N3O4S. The lowest BCUT2D eigenvalue weighted by Crippen LogP contribution is -2.50. The van der Waals surface area contributed by atoms with E-state index in [4.69, 9.17) is 4.74 Å². The van der Waals surface area contributed by atoms with Gasteiger partial charge >= 0.3 is 6.18 Å². The molecule has 3 rings (SSSR count). The largest absolute Gasteiger partial charge is 0.468 e. The second-order valence-electron chi connectivity index (χ2n) is 6.38. The van der Waals surface area contributed by atoms with Gasteiger partial charge in [0.2, 0.25) is 5.88 Å². The fraction of sp³-hybridized carbons (Fsp3) is 0.600. The minimum absolute atomic E-state index is 0.0386. The molecule has 2 aliphatic rings. The number of halogens is 3. The summed E-state index contributed by atoms with van der Waals surface area (Å²) in [6, 6.07) is 1.49. The monoisotopic (exact) mass is 393 g/mol. The summed E-state index contributed by atoms with van der Waals surface area (Å²) >= 11 is 0. The van der Waals surface area contributed by atoms with E-state index in [1.165, 1.54) is 11.1 Å². The summed E-state index contributed by atoms with van der Waals surface area (Å²) in [5.41, 5.74) is 3.29. The maximum atomic E-state index is 12.3. The maximum absolute atomic E-state index is 12.3. The number of hydrogen-bond donors (Lipinski definition) is 1. The van der Waals surface area contributed by atoms with Crippen molar-refractivity contribution in [2.75, 3.05) is 31.2 Å². The van der Waals surface area contributed by atoms with Crippen molar-refractivity contribution in [1.82, 2.24) is 15.4 Å².